The second-order valence-electron chi connectivity index (χ2n) is 5.63. The quantitative estimate of drug-likeness (QED) is 0.529. The van der Waals surface area contributed by atoms with Crippen LogP contribution in [0.4, 0.5) is 10.1 Å². The fourth-order valence-electron chi connectivity index (χ4n) is 2.65. The number of hydrogen-bond acceptors (Lipinski definition) is 5. The van der Waals surface area contributed by atoms with E-state index in [1.165, 1.54) is 23.5 Å². The van der Waals surface area contributed by atoms with Gasteiger partial charge in [0.05, 0.1) is 11.4 Å². The highest BCUT2D eigenvalue weighted by molar-refractivity contribution is 7.18. The molecule has 0 saturated carbocycles. The normalized spacial score (nSPS) is 12.4. The first kappa shape index (κ1) is 16.0. The number of H-pyrrole nitrogens is 1. The summed E-state index contributed by atoms with van der Waals surface area (Å²) in [5, 5.41) is 7.81. The van der Waals surface area contributed by atoms with Crippen LogP contribution in [0, 0.1) is 5.82 Å². The van der Waals surface area contributed by atoms with E-state index in [4.69, 9.17) is 0 Å². The molecule has 126 valence electrons. The second kappa shape index (κ2) is 6.42. The third-order valence-corrected chi connectivity index (χ3v) is 5.66. The third-order valence-electron chi connectivity index (χ3n) is 3.89. The molecule has 0 saturated heterocycles. The Labute approximate surface area is 151 Å². The highest BCUT2D eigenvalue weighted by Gasteiger charge is 2.16. The lowest BCUT2D eigenvalue weighted by atomic mass is 10.2. The van der Waals surface area contributed by atoms with E-state index in [1.54, 1.807) is 23.5 Å². The van der Waals surface area contributed by atoms with Gasteiger partial charge in [0.25, 0.3) is 5.56 Å². The summed E-state index contributed by atoms with van der Waals surface area (Å²) in [6.45, 7) is 1.90. The van der Waals surface area contributed by atoms with Gasteiger partial charge in [0.2, 0.25) is 0 Å². The minimum atomic E-state index is -0.286. The van der Waals surface area contributed by atoms with Crippen molar-refractivity contribution in [1.82, 2.24) is 9.97 Å². The molecule has 0 fully saturated rings. The number of nitrogens with zero attached hydrogens (tertiary/aromatic N) is 1. The van der Waals surface area contributed by atoms with Gasteiger partial charge >= 0.3 is 0 Å². The van der Waals surface area contributed by atoms with Crippen LogP contribution in [0.5, 0.6) is 0 Å². The zero-order valence-electron chi connectivity index (χ0n) is 13.2. The van der Waals surface area contributed by atoms with Crippen molar-refractivity contribution < 1.29 is 4.39 Å². The van der Waals surface area contributed by atoms with Gasteiger partial charge in [-0.1, -0.05) is 6.07 Å². The first-order chi connectivity index (χ1) is 12.1. The molecule has 2 N–H and O–H groups in total. The molecule has 0 unspecified atom stereocenters. The maximum absolute atomic E-state index is 13.0. The van der Waals surface area contributed by atoms with Crippen LogP contribution in [0.2, 0.25) is 0 Å². The Bertz CT molecular complexity index is 1070. The number of hydrogen-bond donors (Lipinski definition) is 2. The van der Waals surface area contributed by atoms with E-state index >= 15 is 0 Å². The van der Waals surface area contributed by atoms with Crippen molar-refractivity contribution in [2.75, 3.05) is 5.32 Å². The zero-order chi connectivity index (χ0) is 17.4. The van der Waals surface area contributed by atoms with E-state index in [1.807, 2.05) is 29.8 Å². The van der Waals surface area contributed by atoms with Crippen LogP contribution in [0.15, 0.2) is 52.0 Å². The second-order valence-corrected chi connectivity index (χ2v) is 7.44. The number of aromatic nitrogens is 2. The molecule has 3 heterocycles. The molecule has 7 heteroatoms. The van der Waals surface area contributed by atoms with Gasteiger partial charge in [-0.05, 0) is 42.6 Å². The summed E-state index contributed by atoms with van der Waals surface area (Å²) in [6, 6.07) is 9.84. The molecule has 4 aromatic rings. The van der Waals surface area contributed by atoms with Gasteiger partial charge < -0.3 is 10.3 Å². The molecule has 0 radical (unpaired) electrons. The summed E-state index contributed by atoms with van der Waals surface area (Å²) in [5.41, 5.74) is 1.55. The Balaban J connectivity index is 1.69. The van der Waals surface area contributed by atoms with Gasteiger partial charge in [-0.3, -0.25) is 4.79 Å². The Morgan fingerprint density at radius 1 is 1.20 bits per heavy atom. The molecule has 0 amide bonds. The Morgan fingerprint density at radius 3 is 2.72 bits per heavy atom. The molecular formula is C18H14FN3OS2. The lowest BCUT2D eigenvalue weighted by molar-refractivity contribution is 0.628. The van der Waals surface area contributed by atoms with Crippen molar-refractivity contribution in [2.45, 2.75) is 13.0 Å². The van der Waals surface area contributed by atoms with Gasteiger partial charge in [-0.25, -0.2) is 9.37 Å². The molecule has 0 spiro atoms. The van der Waals surface area contributed by atoms with Crippen molar-refractivity contribution in [3.8, 4) is 10.4 Å². The van der Waals surface area contributed by atoms with Crippen molar-refractivity contribution in [3.63, 3.8) is 0 Å². The number of fused-ring (bicyclic) bond motifs is 1. The van der Waals surface area contributed by atoms with Crippen LogP contribution in [0.1, 0.15) is 18.8 Å². The summed E-state index contributed by atoms with van der Waals surface area (Å²) in [4.78, 5) is 21.9. The van der Waals surface area contributed by atoms with Crippen molar-refractivity contribution in [2.24, 2.45) is 0 Å². The standard InChI is InChI=1S/C18H14FN3OS2/c1-10(20-12-6-4-11(19)5-7-12)16-21-17(23)15-13(9-25-18(15)22-16)14-3-2-8-24-14/h2-10,20H,1H3,(H,21,22,23)/t10-/m0/s1. The number of benzene rings is 1. The number of rotatable bonds is 4. The lowest BCUT2D eigenvalue weighted by Crippen LogP contribution is -2.17. The van der Waals surface area contributed by atoms with Crippen LogP contribution in [0.25, 0.3) is 20.7 Å². The van der Waals surface area contributed by atoms with E-state index < -0.39 is 0 Å². The van der Waals surface area contributed by atoms with E-state index in [2.05, 4.69) is 15.3 Å². The van der Waals surface area contributed by atoms with Crippen LogP contribution in [-0.2, 0) is 0 Å². The molecule has 0 bridgehead atoms. The SMILES string of the molecule is C[C@H](Nc1ccc(F)cc1)c1nc2scc(-c3cccs3)c2c(=O)[nH]1. The van der Waals surface area contributed by atoms with E-state index in [9.17, 15) is 9.18 Å². The van der Waals surface area contributed by atoms with Gasteiger partial charge in [-0.2, -0.15) is 0 Å². The molecule has 0 aliphatic carbocycles. The maximum Gasteiger partial charge on any atom is 0.260 e. The van der Waals surface area contributed by atoms with Crippen molar-refractivity contribution >= 4 is 38.6 Å². The Morgan fingerprint density at radius 2 is 2.00 bits per heavy atom. The molecular weight excluding hydrogens is 357 g/mol. The molecule has 4 nitrogen and oxygen atoms in total. The van der Waals surface area contributed by atoms with Gasteiger partial charge in [0.1, 0.15) is 16.5 Å². The first-order valence-electron chi connectivity index (χ1n) is 7.69. The topological polar surface area (TPSA) is 57.8 Å². The molecule has 1 atom stereocenters. The van der Waals surface area contributed by atoms with Gasteiger partial charge in [-0.15, -0.1) is 22.7 Å². The zero-order valence-corrected chi connectivity index (χ0v) is 14.9. The van der Waals surface area contributed by atoms with Crippen molar-refractivity contribution in [1.29, 1.82) is 0 Å². The molecule has 0 aliphatic heterocycles. The number of thiophene rings is 2. The third kappa shape index (κ3) is 3.08. The predicted octanol–water partition coefficient (Wildman–Crippen LogP) is 5.03. The molecule has 1 aromatic carbocycles. The average molecular weight is 371 g/mol. The first-order valence-corrected chi connectivity index (χ1v) is 9.45. The minimum absolute atomic E-state index is 0.141. The summed E-state index contributed by atoms with van der Waals surface area (Å²) in [5.74, 6) is 0.271. The smallest absolute Gasteiger partial charge is 0.260 e. The highest BCUT2D eigenvalue weighted by atomic mass is 32.1. The van der Waals surface area contributed by atoms with Crippen LogP contribution < -0.4 is 10.9 Å². The summed E-state index contributed by atoms with van der Waals surface area (Å²) in [7, 11) is 0. The predicted molar refractivity (Wildman–Crippen MR) is 102 cm³/mol. The van der Waals surface area contributed by atoms with Crippen LogP contribution in [0.3, 0.4) is 0 Å². The fourth-order valence-corrected chi connectivity index (χ4v) is 4.42. The van der Waals surface area contributed by atoms with E-state index in [-0.39, 0.29) is 17.4 Å². The molecule has 0 aliphatic rings. The van der Waals surface area contributed by atoms with Gasteiger partial charge in [0.15, 0.2) is 0 Å². The Hall–Kier alpha value is -2.51. The number of nitrogens with one attached hydrogen (secondary N) is 2. The van der Waals surface area contributed by atoms with E-state index in [0.717, 1.165) is 21.0 Å². The minimum Gasteiger partial charge on any atom is -0.375 e. The summed E-state index contributed by atoms with van der Waals surface area (Å²) < 4.78 is 13.0. The Kier molecular flexibility index (Phi) is 4.10. The average Bonchev–Trinajstić information content (AvgIpc) is 3.25. The van der Waals surface area contributed by atoms with Crippen LogP contribution >= 0.6 is 22.7 Å². The molecule has 25 heavy (non-hydrogen) atoms. The van der Waals surface area contributed by atoms with Gasteiger partial charge in [0, 0.05) is 21.5 Å². The summed E-state index contributed by atoms with van der Waals surface area (Å²) >= 11 is 3.07. The fraction of sp³-hybridized carbons (Fsp3) is 0.111. The maximum atomic E-state index is 13.0. The van der Waals surface area contributed by atoms with Crippen LogP contribution in [-0.4, -0.2) is 9.97 Å². The number of anilines is 1. The molecule has 4 rings (SSSR count). The van der Waals surface area contributed by atoms with E-state index in [0.29, 0.717) is 11.2 Å². The lowest BCUT2D eigenvalue weighted by Gasteiger charge is -2.14. The number of halogens is 1. The van der Waals surface area contributed by atoms with Crippen molar-refractivity contribution in [3.05, 3.63) is 69.2 Å². The monoisotopic (exact) mass is 371 g/mol. The summed E-state index contributed by atoms with van der Waals surface area (Å²) in [6.07, 6.45) is 0. The highest BCUT2D eigenvalue weighted by Crippen LogP contribution is 2.33. The number of aromatic amines is 1. The largest absolute Gasteiger partial charge is 0.375 e. The molecule has 3 aromatic heterocycles.